The second-order valence-electron chi connectivity index (χ2n) is 7.71. The Kier molecular flexibility index (Phi) is 10.3. The lowest BCUT2D eigenvalue weighted by atomic mass is 9.86. The molecule has 1 fully saturated rings. The molecule has 166 valence electrons. The first-order chi connectivity index (χ1) is 13.4. The maximum atomic E-state index is 13.0. The lowest BCUT2D eigenvalue weighted by molar-refractivity contribution is -0.163. The summed E-state index contributed by atoms with van der Waals surface area (Å²) in [4.78, 5) is 17.7. The van der Waals surface area contributed by atoms with Gasteiger partial charge in [-0.1, -0.05) is 60.7 Å². The van der Waals surface area contributed by atoms with Gasteiger partial charge in [0.05, 0.1) is 0 Å². The largest absolute Gasteiger partial charge is 0.462 e. The molecule has 2 unspecified atom stereocenters. The number of nitrogens with zero attached hydrogens (tertiary/aromatic N) is 2. The van der Waals surface area contributed by atoms with Crippen molar-refractivity contribution in [1.29, 1.82) is 0 Å². The van der Waals surface area contributed by atoms with Crippen LogP contribution in [0.1, 0.15) is 25.0 Å². The fourth-order valence-electron chi connectivity index (χ4n) is 3.80. The summed E-state index contributed by atoms with van der Waals surface area (Å²) in [5.41, 5.74) is -0.802. The van der Waals surface area contributed by atoms with Gasteiger partial charge in [0.15, 0.2) is 0 Å². The molecule has 2 aromatic carbocycles. The molecule has 30 heavy (non-hydrogen) atoms. The number of hydrogen-bond acceptors (Lipinski definition) is 5. The van der Waals surface area contributed by atoms with Crippen LogP contribution in [0.25, 0.3) is 0 Å². The number of rotatable bonds is 6. The Labute approximate surface area is 191 Å². The summed E-state index contributed by atoms with van der Waals surface area (Å²) in [6.45, 7) is 7.24. The number of ether oxygens (including phenoxy) is 1. The molecule has 2 atom stereocenters. The van der Waals surface area contributed by atoms with Crippen LogP contribution in [0.15, 0.2) is 60.7 Å². The number of piperazine rings is 1. The molecule has 0 aliphatic carbocycles. The van der Waals surface area contributed by atoms with Gasteiger partial charge in [0.2, 0.25) is 5.60 Å². The normalized spacial score (nSPS) is 20.0. The van der Waals surface area contributed by atoms with Crippen LogP contribution in [0.4, 0.5) is 0 Å². The second kappa shape index (κ2) is 11.7. The molecule has 0 saturated carbocycles. The van der Waals surface area contributed by atoms with Crippen molar-refractivity contribution >= 4 is 30.8 Å². The monoisotopic (exact) mass is 454 g/mol. The molecule has 1 aliphatic heterocycles. The summed E-state index contributed by atoms with van der Waals surface area (Å²) in [6.07, 6.45) is 0. The number of halogens is 2. The summed E-state index contributed by atoms with van der Waals surface area (Å²) in [5.74, 6) is -0.639. The molecule has 5 nitrogen and oxygen atoms in total. The van der Waals surface area contributed by atoms with E-state index in [0.29, 0.717) is 29.8 Å². The molecule has 1 aliphatic rings. The number of aliphatic hydroxyl groups is 1. The van der Waals surface area contributed by atoms with E-state index in [-0.39, 0.29) is 31.4 Å². The summed E-state index contributed by atoms with van der Waals surface area (Å²) in [7, 11) is 2.14. The van der Waals surface area contributed by atoms with E-state index in [1.165, 1.54) is 0 Å². The minimum atomic E-state index is -1.82. The van der Waals surface area contributed by atoms with Gasteiger partial charge >= 0.3 is 5.97 Å². The number of hydrogen-bond donors (Lipinski definition) is 1. The zero-order valence-electron chi connectivity index (χ0n) is 17.7. The number of carbonyl (C=O) groups excluding carboxylic acids is 1. The van der Waals surface area contributed by atoms with Crippen molar-refractivity contribution in [1.82, 2.24) is 9.80 Å². The Bertz CT molecular complexity index is 737. The molecular weight excluding hydrogens is 423 g/mol. The Balaban J connectivity index is 0.00000225. The third-order valence-corrected chi connectivity index (χ3v) is 5.72. The Morgan fingerprint density at radius 2 is 1.47 bits per heavy atom. The third-order valence-electron chi connectivity index (χ3n) is 5.72. The standard InChI is InChI=1S/C23H30N2O3.2ClH/c1-18-17-25(19(2)16-24(18)3)14-15-28-22(26)23(27,20-10-6-4-7-11-20)21-12-8-5-9-13-21;;/h4-13,18-19,27H,14-17H2,1-3H3;2*1H. The Hall–Kier alpha value is -1.63. The molecule has 0 spiro atoms. The van der Waals surface area contributed by atoms with Crippen LogP contribution < -0.4 is 0 Å². The summed E-state index contributed by atoms with van der Waals surface area (Å²) in [6, 6.07) is 18.8. The van der Waals surface area contributed by atoms with Crippen LogP contribution in [0.2, 0.25) is 0 Å². The number of benzene rings is 2. The van der Waals surface area contributed by atoms with Gasteiger partial charge in [0, 0.05) is 31.7 Å². The summed E-state index contributed by atoms with van der Waals surface area (Å²) in [5, 5.41) is 11.4. The lowest BCUT2D eigenvalue weighted by Gasteiger charge is -2.42. The molecule has 3 rings (SSSR count). The molecule has 0 amide bonds. The highest BCUT2D eigenvalue weighted by atomic mass is 35.5. The van der Waals surface area contributed by atoms with E-state index in [1.807, 2.05) is 36.4 Å². The fraction of sp³-hybridized carbons (Fsp3) is 0.435. The van der Waals surface area contributed by atoms with Crippen molar-refractivity contribution < 1.29 is 14.6 Å². The van der Waals surface area contributed by atoms with Gasteiger partial charge < -0.3 is 14.7 Å². The average Bonchev–Trinajstić information content (AvgIpc) is 2.72. The van der Waals surface area contributed by atoms with Gasteiger partial charge in [0.25, 0.3) is 0 Å². The quantitative estimate of drug-likeness (QED) is 0.678. The van der Waals surface area contributed by atoms with Crippen LogP contribution in [0, 0.1) is 0 Å². The third kappa shape index (κ3) is 5.74. The zero-order valence-corrected chi connectivity index (χ0v) is 19.4. The average molecular weight is 455 g/mol. The highest BCUT2D eigenvalue weighted by molar-refractivity contribution is 5.86. The number of esters is 1. The van der Waals surface area contributed by atoms with Crippen LogP contribution in [-0.2, 0) is 15.1 Å². The van der Waals surface area contributed by atoms with Crippen molar-refractivity contribution in [2.24, 2.45) is 0 Å². The topological polar surface area (TPSA) is 53.0 Å². The van der Waals surface area contributed by atoms with Crippen LogP contribution in [0.5, 0.6) is 0 Å². The van der Waals surface area contributed by atoms with E-state index >= 15 is 0 Å². The fourth-order valence-corrected chi connectivity index (χ4v) is 3.80. The van der Waals surface area contributed by atoms with Gasteiger partial charge in [-0.3, -0.25) is 4.90 Å². The first-order valence-corrected chi connectivity index (χ1v) is 9.88. The minimum absolute atomic E-state index is 0. The zero-order chi connectivity index (χ0) is 20.1. The van der Waals surface area contributed by atoms with E-state index < -0.39 is 11.6 Å². The Morgan fingerprint density at radius 1 is 0.967 bits per heavy atom. The van der Waals surface area contributed by atoms with E-state index in [2.05, 4.69) is 30.7 Å². The molecule has 1 N–H and O–H groups in total. The van der Waals surface area contributed by atoms with Gasteiger partial charge in [0.1, 0.15) is 6.61 Å². The molecular formula is C23H32Cl2N2O3. The lowest BCUT2D eigenvalue weighted by Crippen LogP contribution is -2.55. The predicted molar refractivity (Wildman–Crippen MR) is 124 cm³/mol. The van der Waals surface area contributed by atoms with Crippen LogP contribution >= 0.6 is 24.8 Å². The van der Waals surface area contributed by atoms with Gasteiger partial charge in [-0.2, -0.15) is 0 Å². The van der Waals surface area contributed by atoms with E-state index in [0.717, 1.165) is 13.1 Å². The summed E-state index contributed by atoms with van der Waals surface area (Å²) < 4.78 is 5.58. The van der Waals surface area contributed by atoms with E-state index in [9.17, 15) is 9.90 Å². The van der Waals surface area contributed by atoms with Crippen molar-refractivity contribution in [3.63, 3.8) is 0 Å². The first-order valence-electron chi connectivity index (χ1n) is 9.88. The van der Waals surface area contributed by atoms with Crippen LogP contribution in [0.3, 0.4) is 0 Å². The van der Waals surface area contributed by atoms with E-state index in [4.69, 9.17) is 4.74 Å². The van der Waals surface area contributed by atoms with Crippen LogP contribution in [-0.4, -0.2) is 66.2 Å². The number of carbonyl (C=O) groups is 1. The maximum absolute atomic E-state index is 13.0. The molecule has 0 bridgehead atoms. The predicted octanol–water partition coefficient (Wildman–Crippen LogP) is 3.33. The van der Waals surface area contributed by atoms with Crippen molar-refractivity contribution in [2.75, 3.05) is 33.3 Å². The molecule has 0 aromatic heterocycles. The Morgan fingerprint density at radius 3 is 1.97 bits per heavy atom. The molecule has 0 radical (unpaired) electrons. The second-order valence-corrected chi connectivity index (χ2v) is 7.71. The molecule has 2 aromatic rings. The van der Waals surface area contributed by atoms with E-state index in [1.54, 1.807) is 24.3 Å². The van der Waals surface area contributed by atoms with Crippen molar-refractivity contribution in [2.45, 2.75) is 31.5 Å². The highest BCUT2D eigenvalue weighted by Gasteiger charge is 2.41. The van der Waals surface area contributed by atoms with Gasteiger partial charge in [-0.15, -0.1) is 24.8 Å². The van der Waals surface area contributed by atoms with Crippen molar-refractivity contribution in [3.05, 3.63) is 71.8 Å². The molecule has 1 heterocycles. The first kappa shape index (κ1) is 26.4. The molecule has 7 heteroatoms. The van der Waals surface area contributed by atoms with Crippen molar-refractivity contribution in [3.8, 4) is 0 Å². The summed E-state index contributed by atoms with van der Waals surface area (Å²) >= 11 is 0. The SMILES string of the molecule is CC1CN(CCOC(=O)C(O)(c2ccccc2)c2ccccc2)C(C)CN1C.Cl.Cl. The molecule has 1 saturated heterocycles. The maximum Gasteiger partial charge on any atom is 0.347 e. The minimum Gasteiger partial charge on any atom is -0.462 e. The highest BCUT2D eigenvalue weighted by Crippen LogP contribution is 2.31. The number of likely N-dealkylation sites (N-methyl/N-ethyl adjacent to an activating group) is 1. The smallest absolute Gasteiger partial charge is 0.347 e. The van der Waals surface area contributed by atoms with Gasteiger partial charge in [-0.25, -0.2) is 4.79 Å². The van der Waals surface area contributed by atoms with Gasteiger partial charge in [-0.05, 0) is 32.0 Å².